The SMILES string of the molecule is CC(C)(C)c1cc(CCCCCCCCCCO)cc(C(C)(C)C)c1O. The smallest absolute Gasteiger partial charge is 0.123 e. The van der Waals surface area contributed by atoms with Crippen LogP contribution in [0.3, 0.4) is 0 Å². The van der Waals surface area contributed by atoms with Crippen molar-refractivity contribution in [3.05, 3.63) is 28.8 Å². The van der Waals surface area contributed by atoms with E-state index in [9.17, 15) is 5.11 Å². The molecule has 1 aromatic carbocycles. The van der Waals surface area contributed by atoms with Crippen molar-refractivity contribution in [3.63, 3.8) is 0 Å². The van der Waals surface area contributed by atoms with Crippen molar-refractivity contribution in [2.75, 3.05) is 6.61 Å². The molecule has 0 aliphatic heterocycles. The number of aliphatic hydroxyl groups excluding tert-OH is 1. The van der Waals surface area contributed by atoms with Crippen molar-refractivity contribution in [1.29, 1.82) is 0 Å². The number of hydrogen-bond donors (Lipinski definition) is 2. The molecule has 0 bridgehead atoms. The van der Waals surface area contributed by atoms with Gasteiger partial charge in [0.05, 0.1) is 0 Å². The number of phenolic OH excluding ortho intramolecular Hbond substituents is 1. The van der Waals surface area contributed by atoms with Crippen LogP contribution in [0.4, 0.5) is 0 Å². The summed E-state index contributed by atoms with van der Waals surface area (Å²) in [5, 5.41) is 19.6. The molecule has 0 amide bonds. The fraction of sp³-hybridized carbons (Fsp3) is 0.750. The molecule has 0 aromatic heterocycles. The lowest BCUT2D eigenvalue weighted by Crippen LogP contribution is -2.18. The van der Waals surface area contributed by atoms with Gasteiger partial charge in [-0.1, -0.05) is 92.2 Å². The highest BCUT2D eigenvalue weighted by Crippen LogP contribution is 2.40. The van der Waals surface area contributed by atoms with Crippen LogP contribution in [-0.4, -0.2) is 16.8 Å². The highest BCUT2D eigenvalue weighted by Gasteiger charge is 2.26. The third-order valence-corrected chi connectivity index (χ3v) is 5.16. The predicted molar refractivity (Wildman–Crippen MR) is 113 cm³/mol. The highest BCUT2D eigenvalue weighted by molar-refractivity contribution is 5.49. The van der Waals surface area contributed by atoms with E-state index in [0.29, 0.717) is 12.4 Å². The molecule has 2 heteroatoms. The molecule has 1 aromatic rings. The maximum absolute atomic E-state index is 10.8. The quantitative estimate of drug-likeness (QED) is 0.458. The minimum absolute atomic E-state index is 0.0470. The molecule has 1 rings (SSSR count). The molecule has 0 aliphatic rings. The summed E-state index contributed by atoms with van der Waals surface area (Å²) >= 11 is 0. The number of rotatable bonds is 10. The van der Waals surface area contributed by atoms with E-state index in [-0.39, 0.29) is 10.8 Å². The number of aliphatic hydroxyl groups is 1. The average molecular weight is 363 g/mol. The molecule has 0 spiro atoms. The van der Waals surface area contributed by atoms with Gasteiger partial charge in [-0.3, -0.25) is 0 Å². The van der Waals surface area contributed by atoms with Gasteiger partial charge in [-0.25, -0.2) is 0 Å². The zero-order valence-corrected chi connectivity index (χ0v) is 18.1. The van der Waals surface area contributed by atoms with Gasteiger partial charge in [0.25, 0.3) is 0 Å². The molecule has 0 radical (unpaired) electrons. The largest absolute Gasteiger partial charge is 0.507 e. The minimum Gasteiger partial charge on any atom is -0.507 e. The molecule has 0 saturated carbocycles. The fourth-order valence-electron chi connectivity index (χ4n) is 3.48. The topological polar surface area (TPSA) is 40.5 Å². The van der Waals surface area contributed by atoms with Crippen LogP contribution in [0.15, 0.2) is 12.1 Å². The molecule has 0 heterocycles. The van der Waals surface area contributed by atoms with Crippen molar-refractivity contribution in [1.82, 2.24) is 0 Å². The lowest BCUT2D eigenvalue weighted by Gasteiger charge is -2.28. The van der Waals surface area contributed by atoms with E-state index in [0.717, 1.165) is 30.4 Å². The third-order valence-electron chi connectivity index (χ3n) is 5.16. The fourth-order valence-corrected chi connectivity index (χ4v) is 3.48. The summed E-state index contributed by atoms with van der Waals surface area (Å²) < 4.78 is 0. The molecule has 2 N–H and O–H groups in total. The van der Waals surface area contributed by atoms with E-state index in [1.807, 2.05) is 0 Å². The Bertz CT molecular complexity index is 497. The van der Waals surface area contributed by atoms with E-state index in [2.05, 4.69) is 53.7 Å². The van der Waals surface area contributed by atoms with Crippen molar-refractivity contribution in [3.8, 4) is 5.75 Å². The molecular weight excluding hydrogens is 320 g/mol. The summed E-state index contributed by atoms with van der Waals surface area (Å²) in [7, 11) is 0. The standard InChI is InChI=1S/C24H42O2/c1-23(2,3)20-17-19(18-21(22(20)26)24(4,5)6)15-13-11-9-7-8-10-12-14-16-25/h17-18,25-26H,7-16H2,1-6H3. The van der Waals surface area contributed by atoms with Gasteiger partial charge in [-0.15, -0.1) is 0 Å². The summed E-state index contributed by atoms with van der Waals surface area (Å²) in [6.07, 6.45) is 10.9. The summed E-state index contributed by atoms with van der Waals surface area (Å²) in [6, 6.07) is 4.44. The number of unbranched alkanes of at least 4 members (excludes halogenated alkanes) is 7. The van der Waals surface area contributed by atoms with Crippen LogP contribution < -0.4 is 0 Å². The monoisotopic (exact) mass is 362 g/mol. The Balaban J connectivity index is 2.61. The van der Waals surface area contributed by atoms with Gasteiger partial charge in [0.2, 0.25) is 0 Å². The Morgan fingerprint density at radius 2 is 1.04 bits per heavy atom. The molecular formula is C24H42O2. The zero-order chi connectivity index (χ0) is 19.8. The maximum Gasteiger partial charge on any atom is 0.123 e. The number of benzene rings is 1. The average Bonchev–Trinajstić information content (AvgIpc) is 2.52. The number of phenols is 1. The summed E-state index contributed by atoms with van der Waals surface area (Å²) in [4.78, 5) is 0. The summed E-state index contributed by atoms with van der Waals surface area (Å²) in [5.74, 6) is 0.483. The van der Waals surface area contributed by atoms with E-state index in [4.69, 9.17) is 5.11 Å². The molecule has 2 nitrogen and oxygen atoms in total. The first-order valence-electron chi connectivity index (χ1n) is 10.5. The Morgan fingerprint density at radius 1 is 0.654 bits per heavy atom. The molecule has 0 saturated heterocycles. The molecule has 150 valence electrons. The highest BCUT2D eigenvalue weighted by atomic mass is 16.3. The van der Waals surface area contributed by atoms with Gasteiger partial charge >= 0.3 is 0 Å². The lowest BCUT2D eigenvalue weighted by atomic mass is 9.78. The van der Waals surface area contributed by atoms with Crippen molar-refractivity contribution in [2.24, 2.45) is 0 Å². The Morgan fingerprint density at radius 3 is 1.42 bits per heavy atom. The second-order valence-electron chi connectivity index (χ2n) is 9.84. The van der Waals surface area contributed by atoms with Gasteiger partial charge in [0.15, 0.2) is 0 Å². The van der Waals surface area contributed by atoms with Crippen LogP contribution in [0.2, 0.25) is 0 Å². The molecule has 0 fully saturated rings. The number of hydrogen-bond acceptors (Lipinski definition) is 2. The minimum atomic E-state index is -0.0470. The van der Waals surface area contributed by atoms with Gasteiger partial charge in [-0.05, 0) is 46.8 Å². The number of aryl methyl sites for hydroxylation is 1. The van der Waals surface area contributed by atoms with Crippen molar-refractivity contribution in [2.45, 2.75) is 110 Å². The van der Waals surface area contributed by atoms with Gasteiger partial charge in [0.1, 0.15) is 5.75 Å². The van der Waals surface area contributed by atoms with Gasteiger partial charge in [-0.2, -0.15) is 0 Å². The van der Waals surface area contributed by atoms with Crippen molar-refractivity contribution >= 4 is 0 Å². The van der Waals surface area contributed by atoms with Crippen LogP contribution >= 0.6 is 0 Å². The normalized spacial score (nSPS) is 12.6. The summed E-state index contributed by atoms with van der Waals surface area (Å²) in [5.41, 5.74) is 3.41. The van der Waals surface area contributed by atoms with Crippen LogP contribution in [0.5, 0.6) is 5.75 Å². The third kappa shape index (κ3) is 7.70. The van der Waals surface area contributed by atoms with Crippen molar-refractivity contribution < 1.29 is 10.2 Å². The predicted octanol–water partition coefficient (Wildman–Crippen LogP) is 6.64. The first-order chi connectivity index (χ1) is 12.1. The van der Waals surface area contributed by atoms with Crippen LogP contribution in [0.1, 0.15) is 110 Å². The molecule has 0 unspecified atom stereocenters. The summed E-state index contributed by atoms with van der Waals surface area (Å²) in [6.45, 7) is 13.4. The first-order valence-corrected chi connectivity index (χ1v) is 10.5. The number of aromatic hydroxyl groups is 1. The lowest BCUT2D eigenvalue weighted by molar-refractivity contribution is 0.282. The second-order valence-corrected chi connectivity index (χ2v) is 9.84. The Kier molecular flexibility index (Phi) is 9.16. The molecule has 0 atom stereocenters. The van der Waals surface area contributed by atoms with E-state index < -0.39 is 0 Å². The van der Waals surface area contributed by atoms with Crippen LogP contribution in [0.25, 0.3) is 0 Å². The zero-order valence-electron chi connectivity index (χ0n) is 18.1. The Hall–Kier alpha value is -1.02. The molecule has 26 heavy (non-hydrogen) atoms. The maximum atomic E-state index is 10.8. The second kappa shape index (κ2) is 10.3. The Labute approximate surface area is 162 Å². The first kappa shape index (κ1) is 23.0. The van der Waals surface area contributed by atoms with E-state index >= 15 is 0 Å². The van der Waals surface area contributed by atoms with Gasteiger partial charge < -0.3 is 10.2 Å². The van der Waals surface area contributed by atoms with Crippen LogP contribution in [0, 0.1) is 0 Å². The molecule has 0 aliphatic carbocycles. The van der Waals surface area contributed by atoms with Gasteiger partial charge in [0, 0.05) is 6.61 Å². The van der Waals surface area contributed by atoms with Crippen LogP contribution in [-0.2, 0) is 17.3 Å². The van der Waals surface area contributed by atoms with E-state index in [1.165, 1.54) is 44.1 Å². The van der Waals surface area contributed by atoms with E-state index in [1.54, 1.807) is 0 Å².